The smallest absolute Gasteiger partial charge is 0.0682 e. The quantitative estimate of drug-likeness (QED) is 0.818. The summed E-state index contributed by atoms with van der Waals surface area (Å²) in [7, 11) is 4.17. The highest BCUT2D eigenvalue weighted by Gasteiger charge is 2.36. The normalized spacial score (nSPS) is 26.2. The zero-order valence-corrected chi connectivity index (χ0v) is 13.5. The standard InChI is InChI=1S/C17H29N3O/c1-17(12-18,14-7-5-4-6-8-14)13-20-11-16(21)9-15(20)10-19(2)3/h4-8,15-16,21H,9-13,18H2,1-3H3. The molecule has 0 aliphatic carbocycles. The fourth-order valence-corrected chi connectivity index (χ4v) is 3.33. The van der Waals surface area contributed by atoms with Crippen LogP contribution in [0.25, 0.3) is 0 Å². The number of aliphatic hydroxyl groups is 1. The molecular formula is C17H29N3O. The molecular weight excluding hydrogens is 262 g/mol. The molecule has 0 amide bonds. The fourth-order valence-electron chi connectivity index (χ4n) is 3.33. The molecule has 1 fully saturated rings. The predicted molar refractivity (Wildman–Crippen MR) is 87.4 cm³/mol. The average Bonchev–Trinajstić information content (AvgIpc) is 2.78. The van der Waals surface area contributed by atoms with E-state index < -0.39 is 0 Å². The van der Waals surface area contributed by atoms with Crippen LogP contribution >= 0.6 is 0 Å². The monoisotopic (exact) mass is 291 g/mol. The van der Waals surface area contributed by atoms with Gasteiger partial charge in [-0.1, -0.05) is 37.3 Å². The van der Waals surface area contributed by atoms with Crippen molar-refractivity contribution < 1.29 is 5.11 Å². The highest BCUT2D eigenvalue weighted by atomic mass is 16.3. The molecule has 0 bridgehead atoms. The van der Waals surface area contributed by atoms with Gasteiger partial charge in [0.2, 0.25) is 0 Å². The van der Waals surface area contributed by atoms with Gasteiger partial charge in [-0.05, 0) is 26.1 Å². The first-order valence-corrected chi connectivity index (χ1v) is 7.77. The Labute approximate surface area is 128 Å². The molecule has 1 heterocycles. The van der Waals surface area contributed by atoms with Crippen LogP contribution in [0, 0.1) is 0 Å². The third kappa shape index (κ3) is 4.04. The zero-order valence-electron chi connectivity index (χ0n) is 13.5. The van der Waals surface area contributed by atoms with E-state index >= 15 is 0 Å². The number of rotatable bonds is 6. The number of benzene rings is 1. The second-order valence-corrected chi connectivity index (χ2v) is 6.87. The summed E-state index contributed by atoms with van der Waals surface area (Å²) in [6.07, 6.45) is 0.640. The van der Waals surface area contributed by atoms with E-state index in [1.165, 1.54) is 5.56 Å². The third-order valence-corrected chi connectivity index (χ3v) is 4.56. The summed E-state index contributed by atoms with van der Waals surface area (Å²) in [5.41, 5.74) is 7.30. The summed E-state index contributed by atoms with van der Waals surface area (Å²) in [6.45, 7) is 5.45. The first-order chi connectivity index (χ1) is 9.94. The van der Waals surface area contributed by atoms with Gasteiger partial charge in [-0.3, -0.25) is 4.90 Å². The predicted octanol–water partition coefficient (Wildman–Crippen LogP) is 0.900. The van der Waals surface area contributed by atoms with Crippen LogP contribution in [0.3, 0.4) is 0 Å². The summed E-state index contributed by atoms with van der Waals surface area (Å²) < 4.78 is 0. The number of β-amino-alcohol motifs (C(OH)–C–C–N with tert-alkyl or cyclic N) is 1. The minimum Gasteiger partial charge on any atom is -0.392 e. The van der Waals surface area contributed by atoms with Gasteiger partial charge in [-0.25, -0.2) is 0 Å². The fraction of sp³-hybridized carbons (Fsp3) is 0.647. The van der Waals surface area contributed by atoms with E-state index in [2.05, 4.69) is 55.1 Å². The Kier molecular flexibility index (Phi) is 5.38. The molecule has 2 rings (SSSR count). The van der Waals surface area contributed by atoms with Crippen molar-refractivity contribution in [2.24, 2.45) is 5.73 Å². The van der Waals surface area contributed by atoms with E-state index in [0.29, 0.717) is 12.6 Å². The molecule has 4 nitrogen and oxygen atoms in total. The maximum Gasteiger partial charge on any atom is 0.0682 e. The average molecular weight is 291 g/mol. The van der Waals surface area contributed by atoms with Crippen molar-refractivity contribution in [3.63, 3.8) is 0 Å². The highest BCUT2D eigenvalue weighted by molar-refractivity contribution is 5.25. The van der Waals surface area contributed by atoms with Gasteiger partial charge in [0, 0.05) is 37.6 Å². The largest absolute Gasteiger partial charge is 0.392 e. The van der Waals surface area contributed by atoms with Gasteiger partial charge in [0.25, 0.3) is 0 Å². The van der Waals surface area contributed by atoms with Gasteiger partial charge in [0.15, 0.2) is 0 Å². The Morgan fingerprint density at radius 1 is 1.33 bits per heavy atom. The Balaban J connectivity index is 2.13. The molecule has 1 saturated heterocycles. The van der Waals surface area contributed by atoms with Crippen molar-refractivity contribution in [3.05, 3.63) is 35.9 Å². The van der Waals surface area contributed by atoms with Crippen molar-refractivity contribution in [1.29, 1.82) is 0 Å². The third-order valence-electron chi connectivity index (χ3n) is 4.56. The van der Waals surface area contributed by atoms with E-state index in [9.17, 15) is 5.11 Å². The van der Waals surface area contributed by atoms with E-state index in [-0.39, 0.29) is 11.5 Å². The number of nitrogens with two attached hydrogens (primary N) is 1. The Bertz CT molecular complexity index is 437. The molecule has 3 atom stereocenters. The SMILES string of the molecule is CN(C)CC1CC(O)CN1CC(C)(CN)c1ccccc1. The zero-order chi connectivity index (χ0) is 15.5. The van der Waals surface area contributed by atoms with Crippen molar-refractivity contribution in [3.8, 4) is 0 Å². The molecule has 21 heavy (non-hydrogen) atoms. The first-order valence-electron chi connectivity index (χ1n) is 7.77. The van der Waals surface area contributed by atoms with Gasteiger partial charge < -0.3 is 15.7 Å². The van der Waals surface area contributed by atoms with Gasteiger partial charge in [-0.15, -0.1) is 0 Å². The lowest BCUT2D eigenvalue weighted by Crippen LogP contribution is -2.48. The second-order valence-electron chi connectivity index (χ2n) is 6.87. The number of nitrogens with zero attached hydrogens (tertiary/aromatic N) is 2. The molecule has 3 unspecified atom stereocenters. The van der Waals surface area contributed by atoms with Crippen LogP contribution in [-0.2, 0) is 5.41 Å². The first kappa shape index (κ1) is 16.4. The van der Waals surface area contributed by atoms with Crippen LogP contribution in [-0.4, -0.2) is 67.3 Å². The maximum absolute atomic E-state index is 10.0. The number of hydrogen-bond donors (Lipinski definition) is 2. The minimum atomic E-state index is -0.215. The summed E-state index contributed by atoms with van der Waals surface area (Å²) in [5.74, 6) is 0. The summed E-state index contributed by atoms with van der Waals surface area (Å²) in [4.78, 5) is 4.60. The van der Waals surface area contributed by atoms with Crippen molar-refractivity contribution in [1.82, 2.24) is 9.80 Å². The molecule has 0 spiro atoms. The van der Waals surface area contributed by atoms with Crippen LogP contribution in [0.4, 0.5) is 0 Å². The highest BCUT2D eigenvalue weighted by Crippen LogP contribution is 2.28. The van der Waals surface area contributed by atoms with Crippen LogP contribution in [0.15, 0.2) is 30.3 Å². The Hall–Kier alpha value is -0.940. The summed E-state index contributed by atoms with van der Waals surface area (Å²) >= 11 is 0. The number of likely N-dealkylation sites (N-methyl/N-ethyl adjacent to an activating group) is 1. The maximum atomic E-state index is 10.0. The molecule has 1 aliphatic heterocycles. The molecule has 4 heteroatoms. The molecule has 1 aliphatic rings. The molecule has 3 N–H and O–H groups in total. The molecule has 118 valence electrons. The van der Waals surface area contributed by atoms with Crippen molar-refractivity contribution in [2.75, 3.05) is 40.3 Å². The van der Waals surface area contributed by atoms with Gasteiger partial charge in [0.05, 0.1) is 6.10 Å². The Morgan fingerprint density at radius 2 is 2.00 bits per heavy atom. The molecule has 0 aromatic heterocycles. The van der Waals surface area contributed by atoms with Crippen molar-refractivity contribution >= 4 is 0 Å². The number of hydrogen-bond acceptors (Lipinski definition) is 4. The van der Waals surface area contributed by atoms with E-state index in [1.807, 2.05) is 6.07 Å². The van der Waals surface area contributed by atoms with Crippen LogP contribution in [0.2, 0.25) is 0 Å². The van der Waals surface area contributed by atoms with Gasteiger partial charge in [0.1, 0.15) is 0 Å². The molecule has 1 aromatic rings. The number of likely N-dealkylation sites (tertiary alicyclic amines) is 1. The topological polar surface area (TPSA) is 52.7 Å². The second kappa shape index (κ2) is 6.88. The van der Waals surface area contributed by atoms with E-state index in [0.717, 1.165) is 26.1 Å². The summed E-state index contributed by atoms with van der Waals surface area (Å²) in [6, 6.07) is 10.9. The van der Waals surface area contributed by atoms with Crippen molar-refractivity contribution in [2.45, 2.75) is 30.9 Å². The van der Waals surface area contributed by atoms with Crippen LogP contribution < -0.4 is 5.73 Å². The minimum absolute atomic E-state index is 0.0735. The van der Waals surface area contributed by atoms with E-state index in [4.69, 9.17) is 5.73 Å². The lowest BCUT2D eigenvalue weighted by molar-refractivity contribution is 0.153. The van der Waals surface area contributed by atoms with Crippen LogP contribution in [0.5, 0.6) is 0 Å². The Morgan fingerprint density at radius 3 is 2.57 bits per heavy atom. The van der Waals surface area contributed by atoms with Gasteiger partial charge >= 0.3 is 0 Å². The molecule has 1 aromatic carbocycles. The summed E-state index contributed by atoms with van der Waals surface area (Å²) in [5, 5.41) is 10.0. The van der Waals surface area contributed by atoms with Crippen LogP contribution in [0.1, 0.15) is 18.9 Å². The lowest BCUT2D eigenvalue weighted by atomic mass is 9.82. The molecule has 0 radical (unpaired) electrons. The lowest BCUT2D eigenvalue weighted by Gasteiger charge is -2.36. The van der Waals surface area contributed by atoms with Gasteiger partial charge in [-0.2, -0.15) is 0 Å². The molecule has 0 saturated carbocycles. The van der Waals surface area contributed by atoms with E-state index in [1.54, 1.807) is 0 Å². The number of aliphatic hydroxyl groups excluding tert-OH is 1.